The van der Waals surface area contributed by atoms with Crippen molar-refractivity contribution < 1.29 is 19.1 Å². The van der Waals surface area contributed by atoms with Crippen molar-refractivity contribution in [2.24, 2.45) is 0 Å². The van der Waals surface area contributed by atoms with Crippen molar-refractivity contribution in [3.05, 3.63) is 17.7 Å². The number of carbonyl (C=O) groups is 2. The number of hydrogen-bond acceptors (Lipinski definition) is 5. The van der Waals surface area contributed by atoms with Gasteiger partial charge in [-0.25, -0.2) is 9.78 Å². The number of rotatable bonds is 5. The van der Waals surface area contributed by atoms with Crippen LogP contribution in [0.5, 0.6) is 0 Å². The number of aromatic amines is 1. The van der Waals surface area contributed by atoms with E-state index in [9.17, 15) is 9.59 Å². The highest BCUT2D eigenvalue weighted by molar-refractivity contribution is 5.96. The zero-order chi connectivity index (χ0) is 16.2. The summed E-state index contributed by atoms with van der Waals surface area (Å²) in [6, 6.07) is -0.905. The predicted molar refractivity (Wildman–Crippen MR) is 76.9 cm³/mol. The van der Waals surface area contributed by atoms with Crippen molar-refractivity contribution in [1.29, 1.82) is 0 Å². The molecule has 0 aliphatic carbocycles. The molecule has 1 aromatic rings. The number of hydrogen-bond donors (Lipinski definition) is 2. The average Bonchev–Trinajstić information content (AvgIpc) is 2.78. The van der Waals surface area contributed by atoms with Gasteiger partial charge in [-0.3, -0.25) is 4.79 Å². The Morgan fingerprint density at radius 1 is 1.38 bits per heavy atom. The van der Waals surface area contributed by atoms with Crippen molar-refractivity contribution in [3.63, 3.8) is 0 Å². The molecule has 1 amide bonds. The number of aromatic nitrogens is 2. The first-order chi connectivity index (χ1) is 9.65. The van der Waals surface area contributed by atoms with E-state index in [0.29, 0.717) is 5.69 Å². The zero-order valence-electron chi connectivity index (χ0n) is 13.3. The van der Waals surface area contributed by atoms with E-state index in [0.717, 1.165) is 0 Å². The van der Waals surface area contributed by atoms with Gasteiger partial charge in [0, 0.05) is 5.69 Å². The van der Waals surface area contributed by atoms with Crippen LogP contribution in [0.2, 0.25) is 0 Å². The van der Waals surface area contributed by atoms with E-state index in [1.165, 1.54) is 13.4 Å². The summed E-state index contributed by atoms with van der Waals surface area (Å²) in [7, 11) is 1.27. The predicted octanol–water partition coefficient (Wildman–Crippen LogP) is 1.19. The fourth-order valence-electron chi connectivity index (χ4n) is 1.92. The molecule has 0 spiro atoms. The molecule has 2 N–H and O–H groups in total. The molecule has 1 aromatic heterocycles. The van der Waals surface area contributed by atoms with Gasteiger partial charge in [0.05, 0.1) is 25.1 Å². The normalized spacial score (nSPS) is 14.4. The molecule has 0 saturated heterocycles. The van der Waals surface area contributed by atoms with Crippen LogP contribution in [0.25, 0.3) is 0 Å². The van der Waals surface area contributed by atoms with E-state index in [1.807, 2.05) is 20.8 Å². The lowest BCUT2D eigenvalue weighted by atomic mass is 10.1. The molecule has 0 radical (unpaired) electrons. The van der Waals surface area contributed by atoms with Gasteiger partial charge < -0.3 is 19.8 Å². The molecule has 7 heteroatoms. The van der Waals surface area contributed by atoms with Crippen LogP contribution >= 0.6 is 0 Å². The lowest BCUT2D eigenvalue weighted by Gasteiger charge is -2.29. The summed E-state index contributed by atoms with van der Waals surface area (Å²) < 4.78 is 10.5. The van der Waals surface area contributed by atoms with E-state index >= 15 is 0 Å². The van der Waals surface area contributed by atoms with Gasteiger partial charge in [-0.1, -0.05) is 0 Å². The van der Waals surface area contributed by atoms with Crippen LogP contribution in [0, 0.1) is 6.92 Å². The number of amides is 1. The first-order valence-electron chi connectivity index (χ1n) is 6.72. The van der Waals surface area contributed by atoms with Crippen LogP contribution in [0.15, 0.2) is 6.33 Å². The smallest absolute Gasteiger partial charge is 0.331 e. The minimum absolute atomic E-state index is 0.242. The van der Waals surface area contributed by atoms with Gasteiger partial charge in [0.25, 0.3) is 5.91 Å². The molecule has 21 heavy (non-hydrogen) atoms. The highest BCUT2D eigenvalue weighted by Gasteiger charge is 2.32. The van der Waals surface area contributed by atoms with Crippen molar-refractivity contribution >= 4 is 11.9 Å². The molecule has 1 heterocycles. The van der Waals surface area contributed by atoms with Crippen molar-refractivity contribution in [2.45, 2.75) is 52.4 Å². The van der Waals surface area contributed by atoms with Gasteiger partial charge in [-0.05, 0) is 34.6 Å². The minimum atomic E-state index is -0.905. The first-order valence-corrected chi connectivity index (χ1v) is 6.72. The Morgan fingerprint density at radius 3 is 2.43 bits per heavy atom. The Bertz CT molecular complexity index is 505. The summed E-state index contributed by atoms with van der Waals surface area (Å²) >= 11 is 0. The third kappa shape index (κ3) is 4.86. The molecule has 0 unspecified atom stereocenters. The maximum absolute atomic E-state index is 12.2. The third-order valence-electron chi connectivity index (χ3n) is 2.80. The number of aryl methyl sites for hydroxylation is 1. The molecule has 0 bridgehead atoms. The lowest BCUT2D eigenvalue weighted by molar-refractivity contribution is -0.150. The van der Waals surface area contributed by atoms with Crippen LogP contribution in [-0.4, -0.2) is 46.7 Å². The molecule has 118 valence electrons. The van der Waals surface area contributed by atoms with Gasteiger partial charge in [-0.15, -0.1) is 0 Å². The summed E-state index contributed by atoms with van der Waals surface area (Å²) in [6.45, 7) is 9.06. The fraction of sp³-hybridized carbons (Fsp3) is 0.643. The lowest BCUT2D eigenvalue weighted by Crippen LogP contribution is -2.51. The number of esters is 1. The van der Waals surface area contributed by atoms with E-state index in [-0.39, 0.29) is 5.69 Å². The minimum Gasteiger partial charge on any atom is -0.467 e. The largest absolute Gasteiger partial charge is 0.467 e. The van der Waals surface area contributed by atoms with E-state index in [2.05, 4.69) is 15.3 Å². The standard InChI is InChI=1S/C14H23N3O4/c1-8-10(16-7-15-8)12(18)17-11(13(19)20-6)9(2)21-14(3,4)5/h7,9,11H,1-6H3,(H,15,16)(H,17,18)/t9-,11+/m0/s1. The number of nitrogens with zero attached hydrogens (tertiary/aromatic N) is 1. The third-order valence-corrected chi connectivity index (χ3v) is 2.80. The highest BCUT2D eigenvalue weighted by Crippen LogP contribution is 2.14. The maximum atomic E-state index is 12.2. The number of carbonyl (C=O) groups excluding carboxylic acids is 2. The number of imidazole rings is 1. The SMILES string of the molecule is COC(=O)[C@H](NC(=O)c1nc[nH]c1C)[C@H](C)OC(C)(C)C. The van der Waals surface area contributed by atoms with Crippen LogP contribution in [-0.2, 0) is 14.3 Å². The van der Waals surface area contributed by atoms with Gasteiger partial charge in [0.15, 0.2) is 6.04 Å². The Hall–Kier alpha value is -1.89. The molecule has 0 saturated carbocycles. The molecule has 0 aliphatic rings. The average molecular weight is 297 g/mol. The number of ether oxygens (including phenoxy) is 2. The molecule has 0 fully saturated rings. The molecule has 7 nitrogen and oxygen atoms in total. The summed E-state index contributed by atoms with van der Waals surface area (Å²) in [5.74, 6) is -1.01. The second kappa shape index (κ2) is 6.71. The fourth-order valence-corrected chi connectivity index (χ4v) is 1.92. The second-order valence-electron chi connectivity index (χ2n) is 5.79. The molecule has 0 aromatic carbocycles. The number of methoxy groups -OCH3 is 1. The molecule has 2 atom stereocenters. The zero-order valence-corrected chi connectivity index (χ0v) is 13.3. The van der Waals surface area contributed by atoms with Crippen molar-refractivity contribution in [1.82, 2.24) is 15.3 Å². The van der Waals surface area contributed by atoms with Crippen LogP contribution in [0.4, 0.5) is 0 Å². The summed E-state index contributed by atoms with van der Waals surface area (Å²) in [6.07, 6.45) is 0.882. The van der Waals surface area contributed by atoms with E-state index in [4.69, 9.17) is 9.47 Å². The van der Waals surface area contributed by atoms with Gasteiger partial charge in [0.2, 0.25) is 0 Å². The van der Waals surface area contributed by atoms with Gasteiger partial charge in [-0.2, -0.15) is 0 Å². The Labute approximate surface area is 124 Å². The van der Waals surface area contributed by atoms with Crippen LogP contribution in [0.1, 0.15) is 43.9 Å². The van der Waals surface area contributed by atoms with E-state index < -0.39 is 29.6 Å². The van der Waals surface area contributed by atoms with Gasteiger partial charge in [0.1, 0.15) is 5.69 Å². The Kier molecular flexibility index (Phi) is 5.48. The van der Waals surface area contributed by atoms with Crippen molar-refractivity contribution in [2.75, 3.05) is 7.11 Å². The van der Waals surface area contributed by atoms with Crippen LogP contribution < -0.4 is 5.32 Å². The maximum Gasteiger partial charge on any atom is 0.331 e. The molecular weight excluding hydrogens is 274 g/mol. The van der Waals surface area contributed by atoms with Crippen LogP contribution in [0.3, 0.4) is 0 Å². The Morgan fingerprint density at radius 2 is 2.00 bits per heavy atom. The second-order valence-corrected chi connectivity index (χ2v) is 5.79. The summed E-state index contributed by atoms with van der Waals surface area (Å²) in [4.78, 5) is 30.8. The Balaban J connectivity index is 2.86. The van der Waals surface area contributed by atoms with Crippen molar-refractivity contribution in [3.8, 4) is 0 Å². The molecular formula is C14H23N3O4. The molecule has 1 rings (SSSR count). The monoisotopic (exact) mass is 297 g/mol. The van der Waals surface area contributed by atoms with E-state index in [1.54, 1.807) is 13.8 Å². The topological polar surface area (TPSA) is 93.3 Å². The summed E-state index contributed by atoms with van der Waals surface area (Å²) in [5.41, 5.74) is 0.422. The first kappa shape index (κ1) is 17.2. The van der Waals surface area contributed by atoms with Gasteiger partial charge >= 0.3 is 5.97 Å². The highest BCUT2D eigenvalue weighted by atomic mass is 16.5. The summed E-state index contributed by atoms with van der Waals surface area (Å²) in [5, 5.41) is 2.61. The molecule has 0 aliphatic heterocycles. The number of H-pyrrole nitrogens is 1. The quantitative estimate of drug-likeness (QED) is 0.796. The number of nitrogens with one attached hydrogen (secondary N) is 2.